The summed E-state index contributed by atoms with van der Waals surface area (Å²) in [6.07, 6.45) is 2.49. The highest BCUT2D eigenvalue weighted by atomic mass is 32.1. The van der Waals surface area contributed by atoms with Crippen LogP contribution in [0.1, 0.15) is 30.2 Å². The molecule has 0 aromatic carbocycles. The first-order valence-electron chi connectivity index (χ1n) is 4.83. The molecular formula is C11H14O2S. The molecule has 14 heavy (non-hydrogen) atoms. The summed E-state index contributed by atoms with van der Waals surface area (Å²) in [6, 6.07) is 2.10. The lowest BCUT2D eigenvalue weighted by molar-refractivity contribution is -0.121. The van der Waals surface area contributed by atoms with Crippen LogP contribution in [0, 0.1) is 6.92 Å². The third-order valence-electron chi connectivity index (χ3n) is 2.81. The smallest absolute Gasteiger partial charge is 0.148 e. The van der Waals surface area contributed by atoms with Gasteiger partial charge in [-0.3, -0.25) is 0 Å². The van der Waals surface area contributed by atoms with Crippen molar-refractivity contribution in [2.75, 3.05) is 0 Å². The second kappa shape index (κ2) is 3.48. The van der Waals surface area contributed by atoms with Crippen molar-refractivity contribution in [3.63, 3.8) is 0 Å². The van der Waals surface area contributed by atoms with Crippen LogP contribution in [0.3, 0.4) is 0 Å². The van der Waals surface area contributed by atoms with Gasteiger partial charge in [-0.2, -0.15) is 0 Å². The van der Waals surface area contributed by atoms with E-state index in [1.807, 2.05) is 0 Å². The molecule has 2 atom stereocenters. The number of hydrogen-bond acceptors (Lipinski definition) is 3. The predicted octanol–water partition coefficient (Wildman–Crippen LogP) is 2.65. The monoisotopic (exact) mass is 210 g/mol. The van der Waals surface area contributed by atoms with Gasteiger partial charge in [0.05, 0.1) is 0 Å². The van der Waals surface area contributed by atoms with Gasteiger partial charge in [-0.15, -0.1) is 11.3 Å². The second-order valence-electron chi connectivity index (χ2n) is 3.99. The topological polar surface area (TPSA) is 26.3 Å². The highest BCUT2D eigenvalue weighted by molar-refractivity contribution is 7.10. The maximum atomic E-state index is 10.6. The van der Waals surface area contributed by atoms with E-state index in [1.54, 1.807) is 11.3 Å². The number of hydrogen-bond donors (Lipinski definition) is 0. The van der Waals surface area contributed by atoms with Gasteiger partial charge in [0.15, 0.2) is 0 Å². The van der Waals surface area contributed by atoms with Crippen molar-refractivity contribution in [3.8, 4) is 0 Å². The van der Waals surface area contributed by atoms with Gasteiger partial charge in [0.1, 0.15) is 18.0 Å². The molecule has 2 nitrogen and oxygen atoms in total. The first kappa shape index (κ1) is 9.87. The predicted molar refractivity (Wildman–Crippen MR) is 56.6 cm³/mol. The molecule has 1 aromatic heterocycles. The minimum atomic E-state index is -0.232. The lowest BCUT2D eigenvalue weighted by atomic mass is 9.98. The van der Waals surface area contributed by atoms with Crippen molar-refractivity contribution in [2.45, 2.75) is 38.4 Å². The minimum Gasteiger partial charge on any atom is -0.359 e. The number of carbonyl (C=O) groups is 1. The van der Waals surface area contributed by atoms with Crippen molar-refractivity contribution < 1.29 is 9.53 Å². The fourth-order valence-corrected chi connectivity index (χ4v) is 3.11. The van der Waals surface area contributed by atoms with E-state index in [0.717, 1.165) is 19.1 Å². The molecule has 0 radical (unpaired) electrons. The largest absolute Gasteiger partial charge is 0.359 e. The maximum Gasteiger partial charge on any atom is 0.148 e. The standard InChI is InChI=1S/C11H14O2S/c1-8-4-6-14-10(8)11(2)5-3-9(7-12)13-11/h4,6-7,9H,3,5H2,1-2H3. The third-order valence-corrected chi connectivity index (χ3v) is 4.07. The van der Waals surface area contributed by atoms with Gasteiger partial charge in [0.2, 0.25) is 0 Å². The molecule has 1 aliphatic heterocycles. The SMILES string of the molecule is Cc1ccsc1C1(C)CCC(C=O)O1. The van der Waals surface area contributed by atoms with Crippen LogP contribution in [-0.2, 0) is 15.1 Å². The van der Waals surface area contributed by atoms with E-state index in [-0.39, 0.29) is 11.7 Å². The average Bonchev–Trinajstić information content (AvgIpc) is 2.73. The van der Waals surface area contributed by atoms with Crippen LogP contribution in [0.25, 0.3) is 0 Å². The van der Waals surface area contributed by atoms with Gasteiger partial charge in [0.25, 0.3) is 0 Å². The van der Waals surface area contributed by atoms with Crippen LogP contribution in [0.5, 0.6) is 0 Å². The Labute approximate surface area is 87.9 Å². The zero-order chi connectivity index (χ0) is 10.2. The number of rotatable bonds is 2. The Bertz CT molecular complexity index is 345. The minimum absolute atomic E-state index is 0.207. The molecule has 0 saturated carbocycles. The Morgan fingerprint density at radius 2 is 2.50 bits per heavy atom. The van der Waals surface area contributed by atoms with E-state index >= 15 is 0 Å². The Hall–Kier alpha value is -0.670. The van der Waals surface area contributed by atoms with E-state index in [4.69, 9.17) is 4.74 Å². The van der Waals surface area contributed by atoms with E-state index < -0.39 is 0 Å². The lowest BCUT2D eigenvalue weighted by Gasteiger charge is -2.23. The summed E-state index contributed by atoms with van der Waals surface area (Å²) in [5, 5.41) is 2.08. The molecular weight excluding hydrogens is 196 g/mol. The summed E-state index contributed by atoms with van der Waals surface area (Å²) >= 11 is 1.72. The number of carbonyl (C=O) groups excluding carboxylic acids is 1. The Balaban J connectivity index is 2.26. The average molecular weight is 210 g/mol. The van der Waals surface area contributed by atoms with Crippen LogP contribution >= 0.6 is 11.3 Å². The van der Waals surface area contributed by atoms with E-state index in [1.165, 1.54) is 10.4 Å². The Morgan fingerprint density at radius 3 is 3.00 bits per heavy atom. The highest BCUT2D eigenvalue weighted by Gasteiger charge is 2.39. The normalized spacial score (nSPS) is 32.0. The fraction of sp³-hybridized carbons (Fsp3) is 0.545. The lowest BCUT2D eigenvalue weighted by Crippen LogP contribution is -2.22. The second-order valence-corrected chi connectivity index (χ2v) is 4.91. The van der Waals surface area contributed by atoms with E-state index in [2.05, 4.69) is 25.3 Å². The molecule has 2 unspecified atom stereocenters. The zero-order valence-corrected chi connectivity index (χ0v) is 9.26. The molecule has 0 amide bonds. The third kappa shape index (κ3) is 1.51. The molecule has 0 spiro atoms. The van der Waals surface area contributed by atoms with Crippen molar-refractivity contribution in [2.24, 2.45) is 0 Å². The van der Waals surface area contributed by atoms with E-state index in [9.17, 15) is 4.79 Å². The number of aldehydes is 1. The molecule has 2 heterocycles. The molecule has 2 rings (SSSR count). The summed E-state index contributed by atoms with van der Waals surface area (Å²) in [6.45, 7) is 4.17. The van der Waals surface area contributed by atoms with Crippen molar-refractivity contribution >= 4 is 17.6 Å². The maximum absolute atomic E-state index is 10.6. The van der Waals surface area contributed by atoms with Crippen LogP contribution in [-0.4, -0.2) is 12.4 Å². The van der Waals surface area contributed by atoms with Crippen LogP contribution in [0.4, 0.5) is 0 Å². The zero-order valence-electron chi connectivity index (χ0n) is 8.45. The molecule has 1 aromatic rings. The van der Waals surface area contributed by atoms with Gasteiger partial charge in [-0.05, 0) is 43.7 Å². The molecule has 3 heteroatoms. The fourth-order valence-electron chi connectivity index (χ4n) is 2.05. The number of thiophene rings is 1. The van der Waals surface area contributed by atoms with E-state index in [0.29, 0.717) is 0 Å². The number of aryl methyl sites for hydroxylation is 1. The summed E-state index contributed by atoms with van der Waals surface area (Å²) in [4.78, 5) is 11.9. The summed E-state index contributed by atoms with van der Waals surface area (Å²) < 4.78 is 5.77. The molecule has 1 aliphatic rings. The van der Waals surface area contributed by atoms with Crippen LogP contribution in [0.2, 0.25) is 0 Å². The summed E-state index contributed by atoms with van der Waals surface area (Å²) in [7, 11) is 0. The molecule has 0 N–H and O–H groups in total. The summed E-state index contributed by atoms with van der Waals surface area (Å²) in [5.74, 6) is 0. The van der Waals surface area contributed by atoms with Crippen LogP contribution in [0.15, 0.2) is 11.4 Å². The highest BCUT2D eigenvalue weighted by Crippen LogP contribution is 2.42. The van der Waals surface area contributed by atoms with Crippen molar-refractivity contribution in [3.05, 3.63) is 21.9 Å². The van der Waals surface area contributed by atoms with Gasteiger partial charge in [0, 0.05) is 4.88 Å². The first-order valence-corrected chi connectivity index (χ1v) is 5.71. The van der Waals surface area contributed by atoms with Gasteiger partial charge in [-0.25, -0.2) is 0 Å². The van der Waals surface area contributed by atoms with Gasteiger partial charge < -0.3 is 9.53 Å². The van der Waals surface area contributed by atoms with Gasteiger partial charge >= 0.3 is 0 Å². The van der Waals surface area contributed by atoms with Crippen molar-refractivity contribution in [1.29, 1.82) is 0 Å². The first-order chi connectivity index (χ1) is 6.65. The van der Waals surface area contributed by atoms with Gasteiger partial charge in [-0.1, -0.05) is 0 Å². The number of ether oxygens (including phenoxy) is 1. The Morgan fingerprint density at radius 1 is 1.71 bits per heavy atom. The summed E-state index contributed by atoms with van der Waals surface area (Å²) in [5.41, 5.74) is 1.04. The van der Waals surface area contributed by atoms with Crippen molar-refractivity contribution in [1.82, 2.24) is 0 Å². The molecule has 0 aliphatic carbocycles. The molecule has 76 valence electrons. The quantitative estimate of drug-likeness (QED) is 0.701. The molecule has 1 fully saturated rings. The molecule has 0 bridgehead atoms. The molecule has 1 saturated heterocycles. The Kier molecular flexibility index (Phi) is 2.45. The van der Waals surface area contributed by atoms with Crippen LogP contribution < -0.4 is 0 Å².